The molecule has 0 bridgehead atoms. The van der Waals surface area contributed by atoms with Gasteiger partial charge in [0, 0.05) is 0 Å². The fraction of sp³-hybridized carbons (Fsp3) is 0.333. The van der Waals surface area contributed by atoms with Crippen LogP contribution in [0.15, 0.2) is 12.1 Å². The molecule has 1 aromatic rings. The van der Waals surface area contributed by atoms with E-state index in [4.69, 9.17) is 0 Å². The van der Waals surface area contributed by atoms with Gasteiger partial charge in [-0.15, -0.1) is 0 Å². The Morgan fingerprint density at radius 2 is 1.75 bits per heavy atom. The van der Waals surface area contributed by atoms with Gasteiger partial charge in [-0.25, -0.2) is 0 Å². The molecule has 0 saturated carbocycles. The highest BCUT2D eigenvalue weighted by Gasteiger charge is 2.30. The van der Waals surface area contributed by atoms with Gasteiger partial charge < -0.3 is 0 Å². The molecule has 0 atom stereocenters. The van der Waals surface area contributed by atoms with Gasteiger partial charge in [0.05, 0.1) is 5.56 Å². The van der Waals surface area contributed by atoms with Gasteiger partial charge in [0.25, 0.3) is 0 Å². The van der Waals surface area contributed by atoms with E-state index in [2.05, 4.69) is 6.07 Å². The highest BCUT2D eigenvalue weighted by molar-refractivity contribution is 5.29. The lowest BCUT2D eigenvalue weighted by Gasteiger charge is -2.07. The van der Waals surface area contributed by atoms with E-state index in [9.17, 15) is 13.2 Å². The Labute approximate surface area is 69.0 Å². The summed E-state index contributed by atoms with van der Waals surface area (Å²) >= 11 is 0. The van der Waals surface area contributed by atoms with E-state index in [0.29, 0.717) is 5.56 Å². The zero-order valence-electron chi connectivity index (χ0n) is 6.79. The van der Waals surface area contributed by atoms with Crippen LogP contribution >= 0.6 is 0 Å². The van der Waals surface area contributed by atoms with Crippen LogP contribution < -0.4 is 0 Å². The molecule has 3 heteroatoms. The van der Waals surface area contributed by atoms with Crippen molar-refractivity contribution >= 4 is 0 Å². The van der Waals surface area contributed by atoms with Crippen LogP contribution in [0.1, 0.15) is 16.7 Å². The van der Waals surface area contributed by atoms with E-state index in [1.54, 1.807) is 13.8 Å². The zero-order valence-corrected chi connectivity index (χ0v) is 6.79. The van der Waals surface area contributed by atoms with Gasteiger partial charge in [-0.05, 0) is 37.1 Å². The number of hydrogen-bond donors (Lipinski definition) is 0. The fourth-order valence-electron chi connectivity index (χ4n) is 0.841. The van der Waals surface area contributed by atoms with Crippen molar-refractivity contribution < 1.29 is 13.2 Å². The van der Waals surface area contributed by atoms with E-state index in [-0.39, 0.29) is 0 Å². The average molecular weight is 173 g/mol. The number of benzene rings is 1. The molecule has 1 rings (SSSR count). The predicted octanol–water partition coefficient (Wildman–Crippen LogP) is 3.12. The molecule has 0 fully saturated rings. The Hall–Kier alpha value is -0.990. The molecule has 0 saturated heterocycles. The summed E-state index contributed by atoms with van der Waals surface area (Å²) in [6, 6.07) is 4.79. The third-order valence-corrected chi connectivity index (χ3v) is 1.72. The number of aryl methyl sites for hydroxylation is 2. The molecular weight excluding hydrogens is 165 g/mol. The molecule has 0 aliphatic rings. The lowest BCUT2D eigenvalue weighted by atomic mass is 10.1. The van der Waals surface area contributed by atoms with Gasteiger partial charge in [0.15, 0.2) is 0 Å². The second-order valence-electron chi connectivity index (χ2n) is 2.68. The minimum absolute atomic E-state index is 0.546. The van der Waals surface area contributed by atoms with Crippen molar-refractivity contribution in [1.82, 2.24) is 0 Å². The average Bonchev–Trinajstić information content (AvgIpc) is 1.92. The predicted molar refractivity (Wildman–Crippen MR) is 39.8 cm³/mol. The summed E-state index contributed by atoms with van der Waals surface area (Å²) in [5.74, 6) is 0. The van der Waals surface area contributed by atoms with Gasteiger partial charge >= 0.3 is 6.18 Å². The quantitative estimate of drug-likeness (QED) is 0.565. The molecule has 65 valence electrons. The van der Waals surface area contributed by atoms with Crippen molar-refractivity contribution in [2.24, 2.45) is 0 Å². The molecular formula is C9H8F3. The van der Waals surface area contributed by atoms with Gasteiger partial charge in [0.1, 0.15) is 0 Å². The number of halogens is 3. The van der Waals surface area contributed by atoms with Crippen LogP contribution in [0, 0.1) is 19.9 Å². The van der Waals surface area contributed by atoms with Gasteiger partial charge in [0.2, 0.25) is 0 Å². The molecule has 1 radical (unpaired) electrons. The summed E-state index contributed by atoms with van der Waals surface area (Å²) in [7, 11) is 0. The summed E-state index contributed by atoms with van der Waals surface area (Å²) in [5.41, 5.74) is 0.665. The highest BCUT2D eigenvalue weighted by Crippen LogP contribution is 2.29. The highest BCUT2D eigenvalue weighted by atomic mass is 19.4. The molecule has 0 amide bonds. The molecule has 0 nitrogen and oxygen atoms in total. The Morgan fingerprint density at radius 3 is 2.17 bits per heavy atom. The molecule has 0 unspecified atom stereocenters. The van der Waals surface area contributed by atoms with E-state index < -0.39 is 11.7 Å². The molecule has 1 aromatic carbocycles. The first kappa shape index (κ1) is 9.10. The largest absolute Gasteiger partial charge is 0.417 e. The number of hydrogen-bond acceptors (Lipinski definition) is 0. The third kappa shape index (κ3) is 1.78. The second kappa shape index (κ2) is 2.81. The lowest BCUT2D eigenvalue weighted by molar-refractivity contribution is -0.137. The summed E-state index contributed by atoms with van der Waals surface area (Å²) in [5, 5.41) is 0. The Kier molecular flexibility index (Phi) is 2.13. The third-order valence-electron chi connectivity index (χ3n) is 1.72. The summed E-state index contributed by atoms with van der Waals surface area (Å²) in [4.78, 5) is 0. The minimum Gasteiger partial charge on any atom is -0.166 e. The number of alkyl halides is 3. The molecule has 0 N–H and O–H groups in total. The SMILES string of the molecule is Cc1[c]c(C(F)(F)F)ccc1C. The maximum absolute atomic E-state index is 12.1. The van der Waals surface area contributed by atoms with Crippen LogP contribution in [0.4, 0.5) is 13.2 Å². The van der Waals surface area contributed by atoms with Crippen molar-refractivity contribution in [1.29, 1.82) is 0 Å². The molecule has 12 heavy (non-hydrogen) atoms. The Morgan fingerprint density at radius 1 is 1.17 bits per heavy atom. The first-order chi connectivity index (χ1) is 5.41. The van der Waals surface area contributed by atoms with E-state index >= 15 is 0 Å². The standard InChI is InChI=1S/C9H8F3/c1-6-3-4-8(5-7(6)2)9(10,11)12/h3-4H,1-2H3. The summed E-state index contributed by atoms with van der Waals surface area (Å²) < 4.78 is 36.2. The van der Waals surface area contributed by atoms with Crippen LogP contribution in [0.3, 0.4) is 0 Å². The monoisotopic (exact) mass is 173 g/mol. The van der Waals surface area contributed by atoms with Crippen LogP contribution in [-0.2, 0) is 6.18 Å². The minimum atomic E-state index is -4.28. The molecule has 0 aliphatic heterocycles. The van der Waals surface area contributed by atoms with Crippen molar-refractivity contribution in [3.05, 3.63) is 34.9 Å². The van der Waals surface area contributed by atoms with Crippen molar-refractivity contribution in [3.8, 4) is 0 Å². The van der Waals surface area contributed by atoms with Crippen molar-refractivity contribution in [2.45, 2.75) is 20.0 Å². The van der Waals surface area contributed by atoms with Crippen molar-refractivity contribution in [3.63, 3.8) is 0 Å². The van der Waals surface area contributed by atoms with Gasteiger partial charge in [-0.3, -0.25) is 0 Å². The first-order valence-corrected chi connectivity index (χ1v) is 3.48. The van der Waals surface area contributed by atoms with E-state index in [1.165, 1.54) is 6.07 Å². The van der Waals surface area contributed by atoms with Crippen molar-refractivity contribution in [2.75, 3.05) is 0 Å². The zero-order chi connectivity index (χ0) is 9.35. The molecule has 0 aliphatic carbocycles. The maximum atomic E-state index is 12.1. The lowest BCUT2D eigenvalue weighted by Crippen LogP contribution is -2.05. The van der Waals surface area contributed by atoms with E-state index in [1.807, 2.05) is 0 Å². The van der Waals surface area contributed by atoms with Crippen LogP contribution in [0.25, 0.3) is 0 Å². The number of rotatable bonds is 0. The van der Waals surface area contributed by atoms with Gasteiger partial charge in [-0.1, -0.05) is 6.07 Å². The maximum Gasteiger partial charge on any atom is 0.417 e. The Balaban J connectivity index is 3.14. The second-order valence-corrected chi connectivity index (χ2v) is 2.68. The van der Waals surface area contributed by atoms with E-state index in [0.717, 1.165) is 11.6 Å². The summed E-state index contributed by atoms with van der Waals surface area (Å²) in [6.07, 6.45) is -4.28. The molecule has 0 spiro atoms. The first-order valence-electron chi connectivity index (χ1n) is 3.48. The summed E-state index contributed by atoms with van der Waals surface area (Å²) in [6.45, 7) is 3.37. The smallest absolute Gasteiger partial charge is 0.166 e. The van der Waals surface area contributed by atoms with Crippen LogP contribution in [0.5, 0.6) is 0 Å². The molecule has 0 heterocycles. The Bertz CT molecular complexity index is 286. The topological polar surface area (TPSA) is 0 Å². The van der Waals surface area contributed by atoms with Crippen LogP contribution in [0.2, 0.25) is 0 Å². The fourth-order valence-corrected chi connectivity index (χ4v) is 0.841. The van der Waals surface area contributed by atoms with Crippen LogP contribution in [-0.4, -0.2) is 0 Å². The molecule has 0 aromatic heterocycles. The van der Waals surface area contributed by atoms with Gasteiger partial charge in [-0.2, -0.15) is 13.2 Å². The normalized spacial score (nSPS) is 11.8.